The second kappa shape index (κ2) is 6.45. The third-order valence-electron chi connectivity index (χ3n) is 3.49. The van der Waals surface area contributed by atoms with E-state index in [4.69, 9.17) is 4.74 Å². The minimum Gasteiger partial charge on any atom is -0.492 e. The molecular formula is C15H22N2O2. The molecule has 0 saturated carbocycles. The van der Waals surface area contributed by atoms with Crippen LogP contribution in [0.2, 0.25) is 0 Å². The second-order valence-corrected chi connectivity index (χ2v) is 4.90. The van der Waals surface area contributed by atoms with Gasteiger partial charge in [0.1, 0.15) is 5.75 Å². The molecule has 1 saturated heterocycles. The van der Waals surface area contributed by atoms with Gasteiger partial charge in [-0.1, -0.05) is 12.1 Å². The number of amides is 2. The van der Waals surface area contributed by atoms with Gasteiger partial charge in [0, 0.05) is 12.6 Å². The first-order valence-electron chi connectivity index (χ1n) is 7.02. The quantitative estimate of drug-likeness (QED) is 0.906. The van der Waals surface area contributed by atoms with Crippen molar-refractivity contribution in [3.8, 4) is 5.75 Å². The van der Waals surface area contributed by atoms with Crippen molar-refractivity contribution in [3.63, 3.8) is 0 Å². The van der Waals surface area contributed by atoms with Crippen molar-refractivity contribution < 1.29 is 9.53 Å². The fourth-order valence-corrected chi connectivity index (χ4v) is 2.44. The number of piperidine rings is 1. The number of benzene rings is 1. The van der Waals surface area contributed by atoms with Gasteiger partial charge in [0.25, 0.3) is 0 Å². The molecule has 0 bridgehead atoms. The lowest BCUT2D eigenvalue weighted by molar-refractivity contribution is 0.170. The van der Waals surface area contributed by atoms with Crippen molar-refractivity contribution in [3.05, 3.63) is 24.3 Å². The maximum Gasteiger partial charge on any atom is 0.322 e. The Labute approximate surface area is 114 Å². The van der Waals surface area contributed by atoms with Gasteiger partial charge in [-0.05, 0) is 45.2 Å². The molecule has 0 radical (unpaired) electrons. The first-order valence-corrected chi connectivity index (χ1v) is 7.02. The highest BCUT2D eigenvalue weighted by atomic mass is 16.5. The molecule has 104 valence electrons. The van der Waals surface area contributed by atoms with E-state index in [0.29, 0.717) is 12.6 Å². The van der Waals surface area contributed by atoms with Crippen LogP contribution >= 0.6 is 0 Å². The zero-order valence-corrected chi connectivity index (χ0v) is 11.7. The lowest BCUT2D eigenvalue weighted by atomic mass is 10.0. The summed E-state index contributed by atoms with van der Waals surface area (Å²) in [5, 5.41) is 2.96. The second-order valence-electron chi connectivity index (χ2n) is 4.90. The summed E-state index contributed by atoms with van der Waals surface area (Å²) >= 11 is 0. The lowest BCUT2D eigenvalue weighted by Gasteiger charge is -2.33. The van der Waals surface area contributed by atoms with Crippen molar-refractivity contribution in [2.45, 2.75) is 39.2 Å². The van der Waals surface area contributed by atoms with Crippen LogP contribution in [0.5, 0.6) is 5.75 Å². The third-order valence-corrected chi connectivity index (χ3v) is 3.49. The van der Waals surface area contributed by atoms with Gasteiger partial charge in [-0.25, -0.2) is 4.79 Å². The van der Waals surface area contributed by atoms with Gasteiger partial charge in [-0.3, -0.25) is 0 Å². The summed E-state index contributed by atoms with van der Waals surface area (Å²) in [6.07, 6.45) is 3.38. The molecular weight excluding hydrogens is 240 g/mol. The lowest BCUT2D eigenvalue weighted by Crippen LogP contribution is -2.44. The van der Waals surface area contributed by atoms with Crippen LogP contribution in [0.15, 0.2) is 24.3 Å². The Balaban J connectivity index is 2.05. The number of hydrogen-bond acceptors (Lipinski definition) is 2. The Morgan fingerprint density at radius 3 is 2.95 bits per heavy atom. The number of ether oxygens (including phenoxy) is 1. The number of nitrogens with one attached hydrogen (secondary N) is 1. The van der Waals surface area contributed by atoms with Crippen LogP contribution in [0.4, 0.5) is 10.5 Å². The number of hydrogen-bond donors (Lipinski definition) is 1. The van der Waals surface area contributed by atoms with E-state index in [1.165, 1.54) is 6.42 Å². The standard InChI is InChI=1S/C15H22N2O2/c1-3-19-14-10-5-4-9-13(14)16-15(18)17-11-7-6-8-12(17)2/h4-5,9-10,12H,3,6-8,11H2,1-2H3,(H,16,18)/t12-/m0/s1. The summed E-state index contributed by atoms with van der Waals surface area (Å²) in [6.45, 7) is 5.47. The van der Waals surface area contributed by atoms with E-state index in [2.05, 4.69) is 12.2 Å². The molecule has 1 aromatic carbocycles. The molecule has 1 fully saturated rings. The number of carbonyl (C=O) groups is 1. The average molecular weight is 262 g/mol. The molecule has 2 amide bonds. The minimum atomic E-state index is -0.0284. The molecule has 1 aromatic rings. The van der Waals surface area contributed by atoms with Crippen LogP contribution < -0.4 is 10.1 Å². The molecule has 1 aliphatic rings. The Hall–Kier alpha value is -1.71. The van der Waals surface area contributed by atoms with Crippen molar-refractivity contribution in [1.29, 1.82) is 0 Å². The Bertz CT molecular complexity index is 434. The van der Waals surface area contributed by atoms with Crippen LogP contribution in [0.1, 0.15) is 33.1 Å². The molecule has 4 heteroatoms. The van der Waals surface area contributed by atoms with Crippen LogP contribution in [0.3, 0.4) is 0 Å². The van der Waals surface area contributed by atoms with Crippen molar-refractivity contribution in [2.75, 3.05) is 18.5 Å². The van der Waals surface area contributed by atoms with E-state index in [9.17, 15) is 4.79 Å². The summed E-state index contributed by atoms with van der Waals surface area (Å²) in [5.41, 5.74) is 0.743. The van der Waals surface area contributed by atoms with Crippen LogP contribution in [-0.2, 0) is 0 Å². The van der Waals surface area contributed by atoms with Gasteiger partial charge in [-0.2, -0.15) is 0 Å². The summed E-state index contributed by atoms with van der Waals surface area (Å²) in [7, 11) is 0. The normalized spacial score (nSPS) is 19.1. The smallest absolute Gasteiger partial charge is 0.322 e. The van der Waals surface area contributed by atoms with Crippen molar-refractivity contribution >= 4 is 11.7 Å². The van der Waals surface area contributed by atoms with E-state index in [-0.39, 0.29) is 6.03 Å². The number of para-hydroxylation sites is 2. The molecule has 1 N–H and O–H groups in total. The van der Waals surface area contributed by atoms with E-state index in [1.54, 1.807) is 0 Å². The highest BCUT2D eigenvalue weighted by molar-refractivity contribution is 5.91. The highest BCUT2D eigenvalue weighted by Gasteiger charge is 2.23. The minimum absolute atomic E-state index is 0.0284. The molecule has 2 rings (SSSR count). The average Bonchev–Trinajstić information content (AvgIpc) is 2.41. The fraction of sp³-hybridized carbons (Fsp3) is 0.533. The zero-order chi connectivity index (χ0) is 13.7. The van der Waals surface area contributed by atoms with Crippen molar-refractivity contribution in [2.24, 2.45) is 0 Å². The van der Waals surface area contributed by atoms with E-state index in [1.807, 2.05) is 36.1 Å². The maximum absolute atomic E-state index is 12.3. The summed E-state index contributed by atoms with van der Waals surface area (Å²) in [5.74, 6) is 0.725. The molecule has 0 aliphatic carbocycles. The first kappa shape index (κ1) is 13.7. The predicted molar refractivity (Wildman–Crippen MR) is 76.6 cm³/mol. The van der Waals surface area contributed by atoms with Crippen LogP contribution in [0, 0.1) is 0 Å². The number of carbonyl (C=O) groups excluding carboxylic acids is 1. The number of rotatable bonds is 3. The largest absolute Gasteiger partial charge is 0.492 e. The van der Waals surface area contributed by atoms with E-state index in [0.717, 1.165) is 30.8 Å². The van der Waals surface area contributed by atoms with E-state index < -0.39 is 0 Å². The first-order chi connectivity index (χ1) is 9.22. The molecule has 0 spiro atoms. The van der Waals surface area contributed by atoms with E-state index >= 15 is 0 Å². The Morgan fingerprint density at radius 2 is 2.21 bits per heavy atom. The molecule has 1 atom stereocenters. The van der Waals surface area contributed by atoms with Crippen molar-refractivity contribution in [1.82, 2.24) is 4.90 Å². The Kier molecular flexibility index (Phi) is 4.66. The number of anilines is 1. The maximum atomic E-state index is 12.3. The molecule has 19 heavy (non-hydrogen) atoms. The topological polar surface area (TPSA) is 41.6 Å². The van der Waals surface area contributed by atoms with Gasteiger partial charge in [-0.15, -0.1) is 0 Å². The summed E-state index contributed by atoms with van der Waals surface area (Å²) in [6, 6.07) is 7.84. The van der Waals surface area contributed by atoms with Gasteiger partial charge in [0.2, 0.25) is 0 Å². The SMILES string of the molecule is CCOc1ccccc1NC(=O)N1CCCC[C@@H]1C. The van der Waals surface area contributed by atoms with Gasteiger partial charge < -0.3 is 15.0 Å². The molecule has 1 aliphatic heterocycles. The van der Waals surface area contributed by atoms with Gasteiger partial charge in [0.05, 0.1) is 12.3 Å². The van der Waals surface area contributed by atoms with Gasteiger partial charge in [0.15, 0.2) is 0 Å². The van der Waals surface area contributed by atoms with Gasteiger partial charge >= 0.3 is 6.03 Å². The van der Waals surface area contributed by atoms with Crippen LogP contribution in [-0.4, -0.2) is 30.1 Å². The molecule has 0 aromatic heterocycles. The number of likely N-dealkylation sites (tertiary alicyclic amines) is 1. The molecule has 4 nitrogen and oxygen atoms in total. The monoisotopic (exact) mass is 262 g/mol. The number of urea groups is 1. The summed E-state index contributed by atoms with van der Waals surface area (Å²) in [4.78, 5) is 14.2. The van der Waals surface area contributed by atoms with Crippen LogP contribution in [0.25, 0.3) is 0 Å². The highest BCUT2D eigenvalue weighted by Crippen LogP contribution is 2.25. The zero-order valence-electron chi connectivity index (χ0n) is 11.7. The molecule has 0 unspecified atom stereocenters. The number of nitrogens with zero attached hydrogens (tertiary/aromatic N) is 1. The molecule has 1 heterocycles. The predicted octanol–water partition coefficient (Wildman–Crippen LogP) is 3.49. The summed E-state index contributed by atoms with van der Waals surface area (Å²) < 4.78 is 5.52. The third kappa shape index (κ3) is 3.40. The fourth-order valence-electron chi connectivity index (χ4n) is 2.44. The Morgan fingerprint density at radius 1 is 1.42 bits per heavy atom.